The lowest BCUT2D eigenvalue weighted by Crippen LogP contribution is -2.38. The van der Waals surface area contributed by atoms with Crippen LogP contribution in [0.15, 0.2) is 58.3 Å². The fraction of sp³-hybridized carbons (Fsp3) is 0.429. The van der Waals surface area contributed by atoms with E-state index in [1.165, 1.54) is 10.5 Å². The summed E-state index contributed by atoms with van der Waals surface area (Å²) < 4.78 is 68.0. The largest absolute Gasteiger partial charge is 0.573 e. The zero-order valence-corrected chi connectivity index (χ0v) is 18.7. The number of hydrogen-bond donors (Lipinski definition) is 1. The minimum atomic E-state index is -4.81. The molecule has 0 aliphatic carbocycles. The number of alkyl halides is 3. The highest BCUT2D eigenvalue weighted by Gasteiger charge is 2.31. The van der Waals surface area contributed by atoms with Crippen molar-refractivity contribution >= 4 is 21.8 Å². The van der Waals surface area contributed by atoms with E-state index in [2.05, 4.69) is 32.7 Å². The van der Waals surface area contributed by atoms with Gasteiger partial charge < -0.3 is 4.74 Å². The van der Waals surface area contributed by atoms with Crippen LogP contribution in [0.4, 0.5) is 13.2 Å². The quantitative estimate of drug-likeness (QED) is 0.571. The molecule has 0 amide bonds. The zero-order valence-electron chi connectivity index (χ0n) is 17.1. The minimum absolute atomic E-state index is 0.0897. The SMILES string of the molecule is CSc1ccccc1CN1CCC(CNS(=O)(=O)c2ccc(OC(F)(F)F)cc2)CC1. The number of nitrogens with one attached hydrogen (secondary N) is 1. The maximum atomic E-state index is 12.5. The lowest BCUT2D eigenvalue weighted by atomic mass is 9.97. The minimum Gasteiger partial charge on any atom is -0.406 e. The van der Waals surface area contributed by atoms with Crippen molar-refractivity contribution in [2.45, 2.75) is 35.5 Å². The molecule has 0 spiro atoms. The van der Waals surface area contributed by atoms with Crippen LogP contribution in [0.5, 0.6) is 5.75 Å². The van der Waals surface area contributed by atoms with Crippen molar-refractivity contribution in [3.63, 3.8) is 0 Å². The summed E-state index contributed by atoms with van der Waals surface area (Å²) >= 11 is 1.73. The van der Waals surface area contributed by atoms with E-state index in [4.69, 9.17) is 0 Å². The molecule has 1 aliphatic heterocycles. The highest BCUT2D eigenvalue weighted by atomic mass is 32.2. The van der Waals surface area contributed by atoms with Gasteiger partial charge in [-0.3, -0.25) is 4.90 Å². The Labute approximate surface area is 185 Å². The Kier molecular flexibility index (Phi) is 7.90. The van der Waals surface area contributed by atoms with Gasteiger partial charge >= 0.3 is 6.36 Å². The van der Waals surface area contributed by atoms with Crippen LogP contribution in [-0.2, 0) is 16.6 Å². The highest BCUT2D eigenvalue weighted by molar-refractivity contribution is 7.98. The molecule has 2 aromatic rings. The lowest BCUT2D eigenvalue weighted by molar-refractivity contribution is -0.274. The number of sulfonamides is 1. The summed E-state index contributed by atoms with van der Waals surface area (Å²) in [7, 11) is -3.79. The molecule has 1 N–H and O–H groups in total. The van der Waals surface area contributed by atoms with E-state index in [1.807, 2.05) is 12.1 Å². The predicted octanol–water partition coefficient (Wildman–Crippen LogP) is 4.50. The monoisotopic (exact) mass is 474 g/mol. The number of thioether (sulfide) groups is 1. The molecule has 0 aromatic heterocycles. The van der Waals surface area contributed by atoms with Crippen LogP contribution in [0.1, 0.15) is 18.4 Å². The van der Waals surface area contributed by atoms with E-state index in [9.17, 15) is 21.6 Å². The normalized spacial score (nSPS) is 16.4. The highest BCUT2D eigenvalue weighted by Crippen LogP contribution is 2.26. The Morgan fingerprint density at radius 2 is 1.74 bits per heavy atom. The van der Waals surface area contributed by atoms with Gasteiger partial charge in [0.1, 0.15) is 5.75 Å². The van der Waals surface area contributed by atoms with Crippen LogP contribution >= 0.6 is 11.8 Å². The van der Waals surface area contributed by atoms with Crippen LogP contribution in [0.3, 0.4) is 0 Å². The number of nitrogens with zero attached hydrogens (tertiary/aromatic N) is 1. The Morgan fingerprint density at radius 3 is 2.35 bits per heavy atom. The Morgan fingerprint density at radius 1 is 1.10 bits per heavy atom. The number of benzene rings is 2. The summed E-state index contributed by atoms with van der Waals surface area (Å²) in [5.41, 5.74) is 1.30. The van der Waals surface area contributed by atoms with Gasteiger partial charge in [0.15, 0.2) is 0 Å². The summed E-state index contributed by atoms with van der Waals surface area (Å²) in [6.07, 6.45) is -0.996. The maximum Gasteiger partial charge on any atom is 0.573 e. The fourth-order valence-corrected chi connectivity index (χ4v) is 5.28. The van der Waals surface area contributed by atoms with E-state index in [1.54, 1.807) is 11.8 Å². The van der Waals surface area contributed by atoms with Gasteiger partial charge in [0.05, 0.1) is 4.90 Å². The molecular weight excluding hydrogens is 449 g/mol. The maximum absolute atomic E-state index is 12.5. The number of hydrogen-bond acceptors (Lipinski definition) is 5. The summed E-state index contributed by atoms with van der Waals surface area (Å²) in [4.78, 5) is 3.55. The third kappa shape index (κ3) is 7.13. The number of likely N-dealkylation sites (tertiary alicyclic amines) is 1. The predicted molar refractivity (Wildman–Crippen MR) is 115 cm³/mol. The molecule has 0 unspecified atom stereocenters. The summed E-state index contributed by atoms with van der Waals surface area (Å²) in [5.74, 6) is -0.239. The lowest BCUT2D eigenvalue weighted by Gasteiger charge is -2.32. The molecule has 170 valence electrons. The van der Waals surface area contributed by atoms with Gasteiger partial charge in [-0.25, -0.2) is 13.1 Å². The van der Waals surface area contributed by atoms with Crippen molar-refractivity contribution in [1.82, 2.24) is 9.62 Å². The van der Waals surface area contributed by atoms with E-state index in [0.717, 1.165) is 56.7 Å². The van der Waals surface area contributed by atoms with Crippen LogP contribution in [0, 0.1) is 5.92 Å². The van der Waals surface area contributed by atoms with Gasteiger partial charge in [-0.1, -0.05) is 18.2 Å². The topological polar surface area (TPSA) is 58.6 Å². The van der Waals surface area contributed by atoms with E-state index < -0.39 is 22.1 Å². The van der Waals surface area contributed by atoms with Crippen LogP contribution in [0.25, 0.3) is 0 Å². The summed E-state index contributed by atoms with van der Waals surface area (Å²) in [6, 6.07) is 12.5. The van der Waals surface area contributed by atoms with Crippen molar-refractivity contribution in [3.8, 4) is 5.75 Å². The van der Waals surface area contributed by atoms with Crippen molar-refractivity contribution in [1.29, 1.82) is 0 Å². The Balaban J connectivity index is 1.48. The molecule has 3 rings (SSSR count). The molecule has 0 bridgehead atoms. The van der Waals surface area contributed by atoms with Crippen LogP contribution in [0.2, 0.25) is 0 Å². The average Bonchev–Trinajstić information content (AvgIpc) is 2.73. The van der Waals surface area contributed by atoms with E-state index in [-0.39, 0.29) is 10.8 Å². The molecule has 0 saturated carbocycles. The van der Waals surface area contributed by atoms with Crippen molar-refractivity contribution < 1.29 is 26.3 Å². The average molecular weight is 475 g/mol. The number of ether oxygens (including phenoxy) is 1. The second-order valence-electron chi connectivity index (χ2n) is 7.40. The number of piperidine rings is 1. The molecule has 1 fully saturated rings. The first-order valence-corrected chi connectivity index (χ1v) is 12.6. The molecule has 2 aromatic carbocycles. The van der Waals surface area contributed by atoms with Crippen molar-refractivity contribution in [2.75, 3.05) is 25.9 Å². The first-order valence-electron chi connectivity index (χ1n) is 9.86. The molecule has 1 saturated heterocycles. The summed E-state index contributed by atoms with van der Waals surface area (Å²) in [5, 5.41) is 0. The van der Waals surface area contributed by atoms with Gasteiger partial charge in [-0.05, 0) is 74.0 Å². The number of rotatable bonds is 8. The standard InChI is InChI=1S/C21H25F3N2O3S2/c1-30-20-5-3-2-4-17(20)15-26-12-10-16(11-13-26)14-25-31(27,28)19-8-6-18(7-9-19)29-21(22,23)24/h2-9,16,25H,10-15H2,1H3. The van der Waals surface area contributed by atoms with Crippen molar-refractivity contribution in [2.24, 2.45) is 5.92 Å². The molecule has 1 aliphatic rings. The van der Waals surface area contributed by atoms with Gasteiger partial charge in [0, 0.05) is 18.0 Å². The first kappa shape index (κ1) is 23.9. The first-order chi connectivity index (χ1) is 14.7. The molecule has 5 nitrogen and oxygen atoms in total. The molecule has 0 atom stereocenters. The second kappa shape index (κ2) is 10.2. The van der Waals surface area contributed by atoms with Gasteiger partial charge in [0.2, 0.25) is 10.0 Å². The summed E-state index contributed by atoms with van der Waals surface area (Å²) in [6.45, 7) is 2.96. The second-order valence-corrected chi connectivity index (χ2v) is 10.0. The molecule has 31 heavy (non-hydrogen) atoms. The molecule has 0 radical (unpaired) electrons. The van der Waals surface area contributed by atoms with Gasteiger partial charge in [0.25, 0.3) is 0 Å². The van der Waals surface area contributed by atoms with Gasteiger partial charge in [-0.2, -0.15) is 0 Å². The van der Waals surface area contributed by atoms with E-state index in [0.29, 0.717) is 6.54 Å². The third-order valence-corrected chi connectivity index (χ3v) is 7.50. The number of halogens is 3. The van der Waals surface area contributed by atoms with Gasteiger partial charge in [-0.15, -0.1) is 24.9 Å². The van der Waals surface area contributed by atoms with Crippen molar-refractivity contribution in [3.05, 3.63) is 54.1 Å². The molecular formula is C21H25F3N2O3S2. The van der Waals surface area contributed by atoms with Crippen LogP contribution in [-0.4, -0.2) is 45.6 Å². The smallest absolute Gasteiger partial charge is 0.406 e. The third-order valence-electron chi connectivity index (χ3n) is 5.22. The molecule has 10 heteroatoms. The fourth-order valence-electron chi connectivity index (χ4n) is 3.55. The Hall–Kier alpha value is -1.75. The Bertz CT molecular complexity index is 959. The molecule has 1 heterocycles. The van der Waals surface area contributed by atoms with E-state index >= 15 is 0 Å². The van der Waals surface area contributed by atoms with Crippen LogP contribution < -0.4 is 9.46 Å². The zero-order chi connectivity index (χ0) is 22.5.